The zero-order valence-corrected chi connectivity index (χ0v) is 17.1. The fraction of sp³-hybridized carbons (Fsp3) is 0.737. The third kappa shape index (κ3) is 6.03. The van der Waals surface area contributed by atoms with Crippen LogP contribution in [-0.2, 0) is 26.2 Å². The Kier molecular flexibility index (Phi) is 7.15. The Balaban J connectivity index is 1.71. The van der Waals surface area contributed by atoms with Gasteiger partial charge in [-0.15, -0.1) is 0 Å². The third-order valence-electron chi connectivity index (χ3n) is 4.92. The van der Waals surface area contributed by atoms with Gasteiger partial charge in [-0.05, 0) is 19.3 Å². The van der Waals surface area contributed by atoms with Crippen LogP contribution in [0, 0.1) is 5.92 Å². The Labute approximate surface area is 165 Å². The van der Waals surface area contributed by atoms with Crippen LogP contribution in [0.3, 0.4) is 0 Å². The first-order chi connectivity index (χ1) is 13.1. The van der Waals surface area contributed by atoms with Crippen LogP contribution in [-0.4, -0.2) is 69.5 Å². The molecule has 1 fully saturated rings. The number of rotatable bonds is 7. The summed E-state index contributed by atoms with van der Waals surface area (Å²) in [5.74, 6) is -0.307. The second kappa shape index (κ2) is 9.16. The third-order valence-corrected chi connectivity index (χ3v) is 4.92. The van der Waals surface area contributed by atoms with Gasteiger partial charge in [-0.25, -0.2) is 0 Å². The first-order valence-electron chi connectivity index (χ1n) is 9.65. The van der Waals surface area contributed by atoms with Crippen molar-refractivity contribution in [2.75, 3.05) is 26.7 Å². The number of hydrogen-bond acceptors (Lipinski definition) is 6. The average Bonchev–Trinajstić information content (AvgIpc) is 3.11. The quantitative estimate of drug-likeness (QED) is 0.744. The van der Waals surface area contributed by atoms with Crippen molar-refractivity contribution in [2.45, 2.75) is 58.3 Å². The maximum Gasteiger partial charge on any atom is 0.306 e. The number of likely N-dealkylation sites (N-methyl/N-ethyl adjacent to an activating group) is 1. The number of piperidine rings is 1. The molecule has 0 unspecified atom stereocenters. The highest BCUT2D eigenvalue weighted by molar-refractivity contribution is 5.84. The summed E-state index contributed by atoms with van der Waals surface area (Å²) in [6.45, 7) is 6.85. The standard InChI is InChI=1S/C19H30N4O5/c1-19(2,3)18-20-14(28-21-18)6-5-7-15(24)22(4)12-16(25)23-10-8-13(9-11-23)17(26)27/h13H,5-12H2,1-4H3,(H,26,27). The zero-order valence-electron chi connectivity index (χ0n) is 17.1. The molecular weight excluding hydrogens is 364 g/mol. The molecule has 1 N–H and O–H groups in total. The van der Waals surface area contributed by atoms with Crippen LogP contribution in [0.2, 0.25) is 0 Å². The summed E-state index contributed by atoms with van der Waals surface area (Å²) in [5, 5.41) is 13.0. The summed E-state index contributed by atoms with van der Waals surface area (Å²) in [5.41, 5.74) is -0.183. The van der Waals surface area contributed by atoms with Crippen molar-refractivity contribution in [2.24, 2.45) is 5.92 Å². The highest BCUT2D eigenvalue weighted by atomic mass is 16.5. The summed E-state index contributed by atoms with van der Waals surface area (Å²) in [4.78, 5) is 43.0. The lowest BCUT2D eigenvalue weighted by atomic mass is 9.96. The van der Waals surface area contributed by atoms with E-state index in [9.17, 15) is 14.4 Å². The molecule has 2 rings (SSSR count). The molecule has 9 heteroatoms. The van der Waals surface area contributed by atoms with E-state index in [0.717, 1.165) is 0 Å². The Hall–Kier alpha value is -2.45. The molecule has 2 amide bonds. The lowest BCUT2D eigenvalue weighted by Gasteiger charge is -2.31. The number of carbonyl (C=O) groups is 3. The predicted octanol–water partition coefficient (Wildman–Crippen LogP) is 1.47. The maximum absolute atomic E-state index is 12.3. The number of aromatic nitrogens is 2. The number of hydrogen-bond donors (Lipinski definition) is 1. The largest absolute Gasteiger partial charge is 0.481 e. The summed E-state index contributed by atoms with van der Waals surface area (Å²) in [7, 11) is 1.61. The molecule has 156 valence electrons. The molecular formula is C19H30N4O5. The molecule has 28 heavy (non-hydrogen) atoms. The van der Waals surface area contributed by atoms with Crippen molar-refractivity contribution in [1.82, 2.24) is 19.9 Å². The number of carboxylic acids is 1. The summed E-state index contributed by atoms with van der Waals surface area (Å²) in [6.07, 6.45) is 2.28. The van der Waals surface area contributed by atoms with Crippen LogP contribution in [0.4, 0.5) is 0 Å². The molecule has 0 saturated carbocycles. The molecule has 1 aromatic rings. The van der Waals surface area contributed by atoms with Crippen molar-refractivity contribution in [3.63, 3.8) is 0 Å². The number of nitrogens with zero attached hydrogens (tertiary/aromatic N) is 4. The van der Waals surface area contributed by atoms with Gasteiger partial charge in [-0.3, -0.25) is 14.4 Å². The molecule has 0 spiro atoms. The van der Waals surface area contributed by atoms with E-state index in [1.165, 1.54) is 4.90 Å². The van der Waals surface area contributed by atoms with Crippen molar-refractivity contribution in [1.29, 1.82) is 0 Å². The molecule has 2 heterocycles. The second-order valence-corrected chi connectivity index (χ2v) is 8.36. The Bertz CT molecular complexity index is 701. The maximum atomic E-state index is 12.3. The smallest absolute Gasteiger partial charge is 0.306 e. The molecule has 1 saturated heterocycles. The SMILES string of the molecule is CN(CC(=O)N1CCC(C(=O)O)CC1)C(=O)CCCc1nc(C(C)(C)C)no1. The normalized spacial score (nSPS) is 15.5. The first-order valence-corrected chi connectivity index (χ1v) is 9.65. The van der Waals surface area contributed by atoms with Gasteiger partial charge in [-0.2, -0.15) is 4.98 Å². The van der Waals surface area contributed by atoms with Gasteiger partial charge in [-0.1, -0.05) is 25.9 Å². The molecule has 1 aromatic heterocycles. The van der Waals surface area contributed by atoms with E-state index in [1.807, 2.05) is 20.8 Å². The van der Waals surface area contributed by atoms with Crippen molar-refractivity contribution >= 4 is 17.8 Å². The Morgan fingerprint density at radius 2 is 1.89 bits per heavy atom. The van der Waals surface area contributed by atoms with Crippen LogP contribution in [0.25, 0.3) is 0 Å². The number of aliphatic carboxylic acids is 1. The number of amides is 2. The fourth-order valence-corrected chi connectivity index (χ4v) is 3.01. The van der Waals surface area contributed by atoms with Crippen molar-refractivity contribution < 1.29 is 24.0 Å². The van der Waals surface area contributed by atoms with E-state index < -0.39 is 5.97 Å². The van der Waals surface area contributed by atoms with Crippen LogP contribution in [0.15, 0.2) is 4.52 Å². The van der Waals surface area contributed by atoms with Gasteiger partial charge in [0.05, 0.1) is 12.5 Å². The summed E-state index contributed by atoms with van der Waals surface area (Å²) >= 11 is 0. The van der Waals surface area contributed by atoms with Crippen LogP contribution in [0.1, 0.15) is 58.2 Å². The lowest BCUT2D eigenvalue weighted by molar-refractivity contribution is -0.146. The first kappa shape index (κ1) is 21.8. The van der Waals surface area contributed by atoms with Gasteiger partial charge in [0.1, 0.15) is 0 Å². The van der Waals surface area contributed by atoms with Gasteiger partial charge < -0.3 is 19.4 Å². The fourth-order valence-electron chi connectivity index (χ4n) is 3.01. The molecule has 0 aliphatic carbocycles. The molecule has 0 aromatic carbocycles. The summed E-state index contributed by atoms with van der Waals surface area (Å²) in [6, 6.07) is 0. The van der Waals surface area contributed by atoms with Gasteiger partial charge in [0.2, 0.25) is 17.7 Å². The summed E-state index contributed by atoms with van der Waals surface area (Å²) < 4.78 is 5.21. The topological polar surface area (TPSA) is 117 Å². The van der Waals surface area contributed by atoms with E-state index in [1.54, 1.807) is 11.9 Å². The van der Waals surface area contributed by atoms with E-state index >= 15 is 0 Å². The highest BCUT2D eigenvalue weighted by Gasteiger charge is 2.28. The minimum absolute atomic E-state index is 0.00526. The van der Waals surface area contributed by atoms with Crippen LogP contribution < -0.4 is 0 Å². The van der Waals surface area contributed by atoms with Crippen LogP contribution >= 0.6 is 0 Å². The predicted molar refractivity (Wildman–Crippen MR) is 101 cm³/mol. The number of aryl methyl sites for hydroxylation is 1. The Morgan fingerprint density at radius 3 is 2.43 bits per heavy atom. The van der Waals surface area contributed by atoms with Gasteiger partial charge in [0.25, 0.3) is 0 Å². The van der Waals surface area contributed by atoms with E-state index in [0.29, 0.717) is 50.5 Å². The molecule has 0 radical (unpaired) electrons. The number of likely N-dealkylation sites (tertiary alicyclic amines) is 1. The number of carbonyl (C=O) groups excluding carboxylic acids is 2. The monoisotopic (exact) mass is 394 g/mol. The van der Waals surface area contributed by atoms with Crippen LogP contribution in [0.5, 0.6) is 0 Å². The molecule has 0 atom stereocenters. The van der Waals surface area contributed by atoms with E-state index in [4.69, 9.17) is 9.63 Å². The highest BCUT2D eigenvalue weighted by Crippen LogP contribution is 2.19. The van der Waals surface area contributed by atoms with Gasteiger partial charge in [0.15, 0.2) is 5.82 Å². The lowest BCUT2D eigenvalue weighted by Crippen LogP contribution is -2.45. The Morgan fingerprint density at radius 1 is 1.25 bits per heavy atom. The minimum Gasteiger partial charge on any atom is -0.481 e. The van der Waals surface area contributed by atoms with E-state index in [2.05, 4.69) is 10.1 Å². The zero-order chi connectivity index (χ0) is 20.9. The minimum atomic E-state index is -0.810. The van der Waals surface area contributed by atoms with Gasteiger partial charge >= 0.3 is 5.97 Å². The van der Waals surface area contributed by atoms with Gasteiger partial charge in [0, 0.05) is 38.4 Å². The average molecular weight is 394 g/mol. The van der Waals surface area contributed by atoms with Crippen molar-refractivity contribution in [3.8, 4) is 0 Å². The van der Waals surface area contributed by atoms with E-state index in [-0.39, 0.29) is 36.1 Å². The number of carboxylic acid groups (broad SMARTS) is 1. The molecule has 1 aliphatic rings. The molecule has 9 nitrogen and oxygen atoms in total. The second-order valence-electron chi connectivity index (χ2n) is 8.36. The molecule has 1 aliphatic heterocycles. The molecule has 0 bridgehead atoms. The van der Waals surface area contributed by atoms with Crippen molar-refractivity contribution in [3.05, 3.63) is 11.7 Å².